The van der Waals surface area contributed by atoms with Crippen LogP contribution in [-0.2, 0) is 11.2 Å². The summed E-state index contributed by atoms with van der Waals surface area (Å²) < 4.78 is 0.586. The SMILES string of the molecule is Cl.O=C(Cc1ccc([N+](=O)[O-])cc1Br)NCCCN1CCNCC1. The maximum absolute atomic E-state index is 11.9. The molecule has 0 bridgehead atoms. The number of benzene rings is 1. The predicted molar refractivity (Wildman–Crippen MR) is 98.7 cm³/mol. The van der Waals surface area contributed by atoms with E-state index in [4.69, 9.17) is 0 Å². The molecule has 24 heavy (non-hydrogen) atoms. The standard InChI is InChI=1S/C15H21BrN4O3.ClH/c16-14-11-13(20(22)23)3-2-12(14)10-15(21)18-4-1-7-19-8-5-17-6-9-19;/h2-3,11,17H,1,4-10H2,(H,18,21);1H. The van der Waals surface area contributed by atoms with Gasteiger partial charge in [-0.15, -0.1) is 12.4 Å². The molecule has 1 aromatic rings. The molecule has 7 nitrogen and oxygen atoms in total. The second kappa shape index (κ2) is 10.6. The first-order chi connectivity index (χ1) is 11.1. The molecule has 1 amide bonds. The lowest BCUT2D eigenvalue weighted by Gasteiger charge is -2.27. The molecule has 1 aliphatic heterocycles. The average Bonchev–Trinajstić information content (AvgIpc) is 2.54. The Morgan fingerprint density at radius 3 is 2.71 bits per heavy atom. The van der Waals surface area contributed by atoms with Crippen LogP contribution in [0.1, 0.15) is 12.0 Å². The minimum atomic E-state index is -0.454. The molecule has 1 aliphatic rings. The fourth-order valence-electron chi connectivity index (χ4n) is 2.49. The fourth-order valence-corrected chi connectivity index (χ4v) is 3.00. The lowest BCUT2D eigenvalue weighted by Crippen LogP contribution is -2.44. The highest BCUT2D eigenvalue weighted by molar-refractivity contribution is 9.10. The van der Waals surface area contributed by atoms with Gasteiger partial charge in [-0.05, 0) is 18.5 Å². The third-order valence-electron chi connectivity index (χ3n) is 3.78. The third kappa shape index (κ3) is 6.72. The zero-order chi connectivity index (χ0) is 16.7. The molecular formula is C15H22BrClN4O3. The van der Waals surface area contributed by atoms with Crippen LogP contribution in [0, 0.1) is 10.1 Å². The van der Waals surface area contributed by atoms with E-state index in [-0.39, 0.29) is 30.4 Å². The van der Waals surface area contributed by atoms with Gasteiger partial charge >= 0.3 is 0 Å². The van der Waals surface area contributed by atoms with Crippen LogP contribution in [0.25, 0.3) is 0 Å². The molecule has 2 rings (SSSR count). The molecule has 134 valence electrons. The molecule has 1 fully saturated rings. The highest BCUT2D eigenvalue weighted by Gasteiger charge is 2.12. The lowest BCUT2D eigenvalue weighted by molar-refractivity contribution is -0.384. The smallest absolute Gasteiger partial charge is 0.270 e. The zero-order valence-corrected chi connectivity index (χ0v) is 15.7. The second-order valence-electron chi connectivity index (χ2n) is 5.50. The van der Waals surface area contributed by atoms with E-state index in [2.05, 4.69) is 31.5 Å². The molecule has 0 unspecified atom stereocenters. The van der Waals surface area contributed by atoms with Gasteiger partial charge in [0.05, 0.1) is 11.3 Å². The molecule has 1 heterocycles. The predicted octanol–water partition coefficient (Wildman–Crippen LogP) is 1.73. The second-order valence-corrected chi connectivity index (χ2v) is 6.36. The minimum Gasteiger partial charge on any atom is -0.356 e. The van der Waals surface area contributed by atoms with E-state index >= 15 is 0 Å². The van der Waals surface area contributed by atoms with Gasteiger partial charge in [0.1, 0.15) is 0 Å². The van der Waals surface area contributed by atoms with Crippen molar-refractivity contribution in [3.8, 4) is 0 Å². The van der Waals surface area contributed by atoms with Crippen molar-refractivity contribution in [3.63, 3.8) is 0 Å². The number of nitrogens with one attached hydrogen (secondary N) is 2. The third-order valence-corrected chi connectivity index (χ3v) is 4.52. The number of hydrogen-bond donors (Lipinski definition) is 2. The molecule has 1 saturated heterocycles. The number of piperazine rings is 1. The van der Waals surface area contributed by atoms with Gasteiger partial charge in [0.2, 0.25) is 5.91 Å². The van der Waals surface area contributed by atoms with E-state index in [1.807, 2.05) is 0 Å². The summed E-state index contributed by atoms with van der Waals surface area (Å²) in [4.78, 5) is 24.6. The van der Waals surface area contributed by atoms with E-state index in [1.54, 1.807) is 6.07 Å². The Labute approximate surface area is 155 Å². The number of hydrogen-bond acceptors (Lipinski definition) is 5. The quantitative estimate of drug-likeness (QED) is 0.398. The van der Waals surface area contributed by atoms with E-state index < -0.39 is 4.92 Å². The molecule has 0 aliphatic carbocycles. The van der Waals surface area contributed by atoms with Gasteiger partial charge in [0, 0.05) is 49.3 Å². The van der Waals surface area contributed by atoms with Crippen LogP contribution < -0.4 is 10.6 Å². The molecule has 0 atom stereocenters. The number of amides is 1. The fraction of sp³-hybridized carbons (Fsp3) is 0.533. The molecule has 0 spiro atoms. The molecule has 0 radical (unpaired) electrons. The number of nitro benzene ring substituents is 1. The Balaban J connectivity index is 0.00000288. The first-order valence-corrected chi connectivity index (χ1v) is 8.48. The molecule has 1 aromatic carbocycles. The Bertz CT molecular complexity index is 568. The lowest BCUT2D eigenvalue weighted by atomic mass is 10.1. The van der Waals surface area contributed by atoms with Crippen molar-refractivity contribution in [2.45, 2.75) is 12.8 Å². The monoisotopic (exact) mass is 420 g/mol. The van der Waals surface area contributed by atoms with E-state index in [0.29, 0.717) is 11.0 Å². The first-order valence-electron chi connectivity index (χ1n) is 7.69. The van der Waals surface area contributed by atoms with Crippen LogP contribution in [0.2, 0.25) is 0 Å². The number of nitrogens with zero attached hydrogens (tertiary/aromatic N) is 2. The van der Waals surface area contributed by atoms with Crippen LogP contribution in [0.15, 0.2) is 22.7 Å². The summed E-state index contributed by atoms with van der Waals surface area (Å²) in [6.45, 7) is 5.81. The summed E-state index contributed by atoms with van der Waals surface area (Å²) in [7, 11) is 0. The van der Waals surface area contributed by atoms with E-state index in [1.165, 1.54) is 12.1 Å². The van der Waals surface area contributed by atoms with Crippen LogP contribution >= 0.6 is 28.3 Å². The van der Waals surface area contributed by atoms with Crippen molar-refractivity contribution in [2.75, 3.05) is 39.3 Å². The minimum absolute atomic E-state index is 0. The zero-order valence-electron chi connectivity index (χ0n) is 13.3. The summed E-state index contributed by atoms with van der Waals surface area (Å²) >= 11 is 3.28. The number of nitro groups is 1. The summed E-state index contributed by atoms with van der Waals surface area (Å²) in [5.41, 5.74) is 0.757. The van der Waals surface area contributed by atoms with Gasteiger partial charge in [0.15, 0.2) is 0 Å². The average molecular weight is 422 g/mol. The number of carbonyl (C=O) groups is 1. The van der Waals surface area contributed by atoms with Crippen molar-refractivity contribution in [1.82, 2.24) is 15.5 Å². The maximum atomic E-state index is 11.9. The van der Waals surface area contributed by atoms with Crippen LogP contribution in [0.4, 0.5) is 5.69 Å². The molecular weight excluding hydrogens is 400 g/mol. The van der Waals surface area contributed by atoms with Gasteiger partial charge in [-0.3, -0.25) is 14.9 Å². The Kier molecular flexibility index (Phi) is 9.20. The summed E-state index contributed by atoms with van der Waals surface area (Å²) in [5.74, 6) is -0.0696. The Hall–Kier alpha value is -1.22. The number of carbonyl (C=O) groups excluding carboxylic acids is 1. The number of non-ortho nitro benzene ring substituents is 1. The number of halogens is 2. The largest absolute Gasteiger partial charge is 0.356 e. The van der Waals surface area contributed by atoms with Gasteiger partial charge in [-0.25, -0.2) is 0 Å². The van der Waals surface area contributed by atoms with Crippen molar-refractivity contribution in [1.29, 1.82) is 0 Å². The Morgan fingerprint density at radius 2 is 2.08 bits per heavy atom. The Morgan fingerprint density at radius 1 is 1.38 bits per heavy atom. The van der Waals surface area contributed by atoms with Crippen LogP contribution in [-0.4, -0.2) is 55.0 Å². The van der Waals surface area contributed by atoms with Gasteiger partial charge < -0.3 is 15.5 Å². The highest BCUT2D eigenvalue weighted by atomic mass is 79.9. The van der Waals surface area contributed by atoms with Gasteiger partial charge in [-0.2, -0.15) is 0 Å². The summed E-state index contributed by atoms with van der Waals surface area (Å²) in [6.07, 6.45) is 1.14. The molecule has 2 N–H and O–H groups in total. The van der Waals surface area contributed by atoms with Crippen molar-refractivity contribution in [3.05, 3.63) is 38.3 Å². The van der Waals surface area contributed by atoms with Gasteiger partial charge in [-0.1, -0.05) is 22.0 Å². The van der Waals surface area contributed by atoms with E-state index in [9.17, 15) is 14.9 Å². The topological polar surface area (TPSA) is 87.5 Å². The summed E-state index contributed by atoms with van der Waals surface area (Å²) in [5, 5.41) is 16.9. The van der Waals surface area contributed by atoms with Crippen molar-refractivity contribution < 1.29 is 9.72 Å². The molecule has 9 heteroatoms. The molecule has 0 saturated carbocycles. The van der Waals surface area contributed by atoms with Crippen LogP contribution in [0.5, 0.6) is 0 Å². The molecule has 0 aromatic heterocycles. The maximum Gasteiger partial charge on any atom is 0.270 e. The normalized spacial score (nSPS) is 14.7. The van der Waals surface area contributed by atoms with Gasteiger partial charge in [0.25, 0.3) is 5.69 Å². The first kappa shape index (κ1) is 20.8. The highest BCUT2D eigenvalue weighted by Crippen LogP contribution is 2.23. The van der Waals surface area contributed by atoms with Crippen molar-refractivity contribution in [2.24, 2.45) is 0 Å². The summed E-state index contributed by atoms with van der Waals surface area (Å²) in [6, 6.07) is 4.45. The van der Waals surface area contributed by atoms with E-state index in [0.717, 1.165) is 44.7 Å². The van der Waals surface area contributed by atoms with Crippen LogP contribution in [0.3, 0.4) is 0 Å². The number of rotatable bonds is 7. The van der Waals surface area contributed by atoms with Crippen molar-refractivity contribution >= 4 is 39.9 Å².